The average Bonchev–Trinajstić information content (AvgIpc) is 3.30. The van der Waals surface area contributed by atoms with Crippen molar-refractivity contribution in [3.8, 4) is 11.1 Å². The lowest BCUT2D eigenvalue weighted by atomic mass is 9.91. The van der Waals surface area contributed by atoms with Crippen LogP contribution in [0.2, 0.25) is 0 Å². The molecule has 6 nitrogen and oxygen atoms in total. The van der Waals surface area contributed by atoms with Gasteiger partial charge < -0.3 is 4.98 Å². The standard InChI is InChI=1S/C25H26N4O2/c1-15(30)11-16-7-6-8-17(12-16)18-9-10-26-24-22(18)19(14-27-24)23(31)20-13-21(25(2,3)4)28-29(20)5/h6-10,12-14H,11H2,1-5H3,(H,26,27). The van der Waals surface area contributed by atoms with Gasteiger partial charge in [0.05, 0.1) is 11.3 Å². The van der Waals surface area contributed by atoms with Crippen molar-refractivity contribution < 1.29 is 9.59 Å². The van der Waals surface area contributed by atoms with Crippen LogP contribution >= 0.6 is 0 Å². The first-order valence-corrected chi connectivity index (χ1v) is 10.3. The van der Waals surface area contributed by atoms with Gasteiger partial charge in [-0.05, 0) is 35.7 Å². The number of aromatic nitrogens is 4. The van der Waals surface area contributed by atoms with Crippen LogP contribution in [-0.4, -0.2) is 31.3 Å². The van der Waals surface area contributed by atoms with Crippen LogP contribution in [0.4, 0.5) is 0 Å². The van der Waals surface area contributed by atoms with Gasteiger partial charge in [0.1, 0.15) is 17.1 Å². The number of carbonyl (C=O) groups excluding carboxylic acids is 2. The molecule has 6 heteroatoms. The van der Waals surface area contributed by atoms with E-state index in [9.17, 15) is 9.59 Å². The highest BCUT2D eigenvalue weighted by Crippen LogP contribution is 2.32. The minimum Gasteiger partial charge on any atom is -0.345 e. The number of hydrogen-bond acceptors (Lipinski definition) is 4. The predicted octanol–water partition coefficient (Wildman–Crippen LogP) is 4.62. The van der Waals surface area contributed by atoms with Crippen LogP contribution in [0.1, 0.15) is 55.0 Å². The van der Waals surface area contributed by atoms with Crippen molar-refractivity contribution in [3.05, 3.63) is 71.3 Å². The molecule has 3 aromatic heterocycles. The van der Waals surface area contributed by atoms with Crippen LogP contribution in [0.15, 0.2) is 48.8 Å². The summed E-state index contributed by atoms with van der Waals surface area (Å²) in [6.07, 6.45) is 3.82. The van der Waals surface area contributed by atoms with Gasteiger partial charge in [-0.15, -0.1) is 0 Å². The van der Waals surface area contributed by atoms with Crippen LogP contribution in [-0.2, 0) is 23.7 Å². The second kappa shape index (κ2) is 7.61. The van der Waals surface area contributed by atoms with Gasteiger partial charge in [0, 0.05) is 36.7 Å². The van der Waals surface area contributed by atoms with Crippen molar-refractivity contribution in [2.45, 2.75) is 39.5 Å². The Balaban J connectivity index is 1.84. The number of carbonyl (C=O) groups is 2. The molecule has 0 aliphatic rings. The molecule has 0 fully saturated rings. The van der Waals surface area contributed by atoms with Crippen molar-refractivity contribution in [3.63, 3.8) is 0 Å². The van der Waals surface area contributed by atoms with E-state index in [1.807, 2.05) is 36.4 Å². The number of H-pyrrole nitrogens is 1. The van der Waals surface area contributed by atoms with E-state index in [2.05, 4.69) is 35.8 Å². The maximum absolute atomic E-state index is 13.5. The molecule has 158 valence electrons. The van der Waals surface area contributed by atoms with Gasteiger partial charge in [-0.25, -0.2) is 4.98 Å². The summed E-state index contributed by atoms with van der Waals surface area (Å²) >= 11 is 0. The number of benzene rings is 1. The van der Waals surface area contributed by atoms with Gasteiger partial charge in [-0.3, -0.25) is 14.3 Å². The van der Waals surface area contributed by atoms with E-state index < -0.39 is 0 Å². The number of nitrogens with one attached hydrogen (secondary N) is 1. The molecule has 0 spiro atoms. The summed E-state index contributed by atoms with van der Waals surface area (Å²) in [5.41, 5.74) is 5.24. The Labute approximate surface area is 181 Å². The minimum absolute atomic E-state index is 0.106. The first-order chi connectivity index (χ1) is 14.6. The number of aryl methyl sites for hydroxylation is 1. The van der Waals surface area contributed by atoms with Crippen LogP contribution < -0.4 is 0 Å². The van der Waals surface area contributed by atoms with E-state index >= 15 is 0 Å². The molecule has 0 unspecified atom stereocenters. The molecule has 0 aliphatic carbocycles. The summed E-state index contributed by atoms with van der Waals surface area (Å²) in [5.74, 6) is 0.00582. The smallest absolute Gasteiger partial charge is 0.213 e. The average molecular weight is 415 g/mol. The van der Waals surface area contributed by atoms with Gasteiger partial charge in [-0.2, -0.15) is 5.10 Å². The van der Waals surface area contributed by atoms with Gasteiger partial charge >= 0.3 is 0 Å². The first-order valence-electron chi connectivity index (χ1n) is 10.3. The third-order valence-electron chi connectivity index (χ3n) is 5.39. The van der Waals surface area contributed by atoms with E-state index in [4.69, 9.17) is 0 Å². The fourth-order valence-corrected chi connectivity index (χ4v) is 3.80. The molecule has 3 heterocycles. The Morgan fingerprint density at radius 1 is 1.13 bits per heavy atom. The van der Waals surface area contributed by atoms with Crippen LogP contribution in [0, 0.1) is 0 Å². The number of aromatic amines is 1. The summed E-state index contributed by atoms with van der Waals surface area (Å²) in [7, 11) is 1.79. The lowest BCUT2D eigenvalue weighted by Gasteiger charge is -2.13. The van der Waals surface area contributed by atoms with Crippen molar-refractivity contribution in [2.75, 3.05) is 0 Å². The summed E-state index contributed by atoms with van der Waals surface area (Å²) in [6, 6.07) is 11.6. The van der Waals surface area contributed by atoms with E-state index in [-0.39, 0.29) is 17.0 Å². The summed E-state index contributed by atoms with van der Waals surface area (Å²) in [6.45, 7) is 7.81. The Morgan fingerprint density at radius 2 is 1.90 bits per heavy atom. The molecule has 1 aromatic carbocycles. The molecule has 4 aromatic rings. The lowest BCUT2D eigenvalue weighted by Crippen LogP contribution is -2.12. The van der Waals surface area contributed by atoms with Crippen molar-refractivity contribution in [2.24, 2.45) is 7.05 Å². The monoisotopic (exact) mass is 414 g/mol. The Kier molecular flexibility index (Phi) is 5.09. The molecular formula is C25H26N4O2. The van der Waals surface area contributed by atoms with Crippen molar-refractivity contribution >= 4 is 22.6 Å². The largest absolute Gasteiger partial charge is 0.345 e. The lowest BCUT2D eigenvalue weighted by molar-refractivity contribution is -0.116. The number of nitrogens with zero attached hydrogens (tertiary/aromatic N) is 3. The van der Waals surface area contributed by atoms with Gasteiger partial charge in [0.25, 0.3) is 0 Å². The van der Waals surface area contributed by atoms with Crippen LogP contribution in [0.5, 0.6) is 0 Å². The molecule has 0 amide bonds. The molecule has 0 bridgehead atoms. The molecule has 0 atom stereocenters. The Bertz CT molecular complexity index is 1300. The number of hydrogen-bond donors (Lipinski definition) is 1. The summed E-state index contributed by atoms with van der Waals surface area (Å²) < 4.78 is 1.64. The summed E-state index contributed by atoms with van der Waals surface area (Å²) in [5, 5.41) is 5.32. The highest BCUT2D eigenvalue weighted by Gasteiger charge is 2.25. The number of pyridine rings is 1. The third-order valence-corrected chi connectivity index (χ3v) is 5.39. The second-order valence-electron chi connectivity index (χ2n) is 8.98. The zero-order valence-electron chi connectivity index (χ0n) is 18.5. The van der Waals surface area contributed by atoms with E-state index in [0.29, 0.717) is 23.3 Å². The Morgan fingerprint density at radius 3 is 2.58 bits per heavy atom. The van der Waals surface area contributed by atoms with Crippen LogP contribution in [0.25, 0.3) is 22.2 Å². The molecule has 31 heavy (non-hydrogen) atoms. The van der Waals surface area contributed by atoms with Gasteiger partial charge in [-0.1, -0.05) is 45.0 Å². The fraction of sp³-hybridized carbons (Fsp3) is 0.280. The minimum atomic E-state index is -0.152. The highest BCUT2D eigenvalue weighted by atomic mass is 16.1. The third kappa shape index (κ3) is 3.93. The van der Waals surface area contributed by atoms with Crippen molar-refractivity contribution in [1.29, 1.82) is 0 Å². The van der Waals surface area contributed by atoms with E-state index in [0.717, 1.165) is 27.8 Å². The maximum atomic E-state index is 13.5. The molecule has 1 N–H and O–H groups in total. The quantitative estimate of drug-likeness (QED) is 0.483. The fourth-order valence-electron chi connectivity index (χ4n) is 3.80. The van der Waals surface area contributed by atoms with Crippen LogP contribution in [0.3, 0.4) is 0 Å². The van der Waals surface area contributed by atoms with E-state index in [1.165, 1.54) is 0 Å². The maximum Gasteiger partial charge on any atom is 0.213 e. The first kappa shape index (κ1) is 20.7. The summed E-state index contributed by atoms with van der Waals surface area (Å²) in [4.78, 5) is 32.6. The second-order valence-corrected chi connectivity index (χ2v) is 8.98. The normalized spacial score (nSPS) is 11.8. The zero-order chi connectivity index (χ0) is 22.3. The van der Waals surface area contributed by atoms with Gasteiger partial charge in [0.15, 0.2) is 0 Å². The molecule has 0 radical (unpaired) electrons. The molecule has 0 saturated carbocycles. The SMILES string of the molecule is CC(=O)Cc1cccc(-c2ccnc3[nH]cc(C(=O)c4cc(C(C)(C)C)nn4C)c23)c1. The molecule has 4 rings (SSSR count). The Hall–Kier alpha value is -3.54. The van der Waals surface area contributed by atoms with E-state index in [1.54, 1.807) is 31.0 Å². The number of rotatable bonds is 5. The predicted molar refractivity (Wildman–Crippen MR) is 121 cm³/mol. The molecule has 0 aliphatic heterocycles. The zero-order valence-corrected chi connectivity index (χ0v) is 18.5. The molecule has 0 saturated heterocycles. The number of ketones is 2. The number of fused-ring (bicyclic) bond motifs is 1. The highest BCUT2D eigenvalue weighted by molar-refractivity contribution is 6.18. The number of Topliss-reactive ketones (excluding diaryl/α,β-unsaturated/α-hetero) is 1. The topological polar surface area (TPSA) is 80.6 Å². The van der Waals surface area contributed by atoms with Crippen molar-refractivity contribution in [1.82, 2.24) is 19.7 Å². The molecular weight excluding hydrogens is 388 g/mol. The van der Waals surface area contributed by atoms with Gasteiger partial charge in [0.2, 0.25) is 5.78 Å².